The Hall–Kier alpha value is -2.73. The van der Waals surface area contributed by atoms with Crippen molar-refractivity contribution >= 4 is 57.5 Å². The lowest BCUT2D eigenvalue weighted by Crippen LogP contribution is -2.72. The Morgan fingerprint density at radius 1 is 1.42 bits per heavy atom. The Balaban J connectivity index is 2.13. The molecule has 1 saturated heterocycles. The summed E-state index contributed by atoms with van der Waals surface area (Å²) in [5, 5.41) is 12.4. The first-order valence-corrected chi connectivity index (χ1v) is 8.44. The number of amides is 3. The summed E-state index contributed by atoms with van der Waals surface area (Å²) in [5.41, 5.74) is -0.132. The minimum atomic E-state index is -1.11. The highest BCUT2D eigenvalue weighted by Crippen LogP contribution is 2.17. The maximum Gasteiger partial charge on any atom is 0.331 e. The highest BCUT2D eigenvalue weighted by Gasteiger charge is 2.46. The van der Waals surface area contributed by atoms with E-state index in [2.05, 4.69) is 35.7 Å². The molecule has 26 heavy (non-hydrogen) atoms. The number of ether oxygens (including phenoxy) is 1. The number of rotatable bonds is 7. The third kappa shape index (κ3) is 4.26. The van der Waals surface area contributed by atoms with Crippen LogP contribution in [0, 0.1) is 0 Å². The number of hydrogen-bond donors (Lipinski definition) is 3. The number of carbonyl (C=O) groups is 4. The van der Waals surface area contributed by atoms with E-state index in [1.165, 1.54) is 12.5 Å². The Morgan fingerprint density at radius 2 is 2.15 bits per heavy atom. The molecular weight excluding hydrogens is 390 g/mol. The Labute approximate surface area is 156 Å². The molecule has 11 nitrogen and oxygen atoms in total. The summed E-state index contributed by atoms with van der Waals surface area (Å²) in [5.74, 6) is -2.74. The number of oxime groups is 1. The van der Waals surface area contributed by atoms with E-state index >= 15 is 0 Å². The van der Waals surface area contributed by atoms with Crippen molar-refractivity contribution < 1.29 is 28.8 Å². The predicted molar refractivity (Wildman–Crippen MR) is 90.9 cm³/mol. The second-order valence-corrected chi connectivity index (χ2v) is 5.93. The summed E-state index contributed by atoms with van der Waals surface area (Å²) < 4.78 is 4.54. The van der Waals surface area contributed by atoms with Gasteiger partial charge in [-0.05, 0) is 0 Å². The standard InChI is InChI=1S/C13H14ClN5O6S/c1-24-12(23)9-8(11(22)18-9)17-10(21)7(19-25-2)5-4-26-13(15-5)16-6(20)3-14/h4,8-9H,3H2,1-2H3,(H,17,21)(H,18,22)(H,15,16,20)/t8-,9+/m1/s1. The number of aromatic nitrogens is 1. The zero-order valence-corrected chi connectivity index (χ0v) is 15.1. The van der Waals surface area contributed by atoms with E-state index in [1.54, 1.807) is 0 Å². The number of hydrogen-bond acceptors (Lipinski definition) is 9. The van der Waals surface area contributed by atoms with E-state index in [1.807, 2.05) is 0 Å². The van der Waals surface area contributed by atoms with Gasteiger partial charge in [0.15, 0.2) is 16.9 Å². The van der Waals surface area contributed by atoms with Gasteiger partial charge in [-0.3, -0.25) is 14.4 Å². The molecule has 0 aromatic carbocycles. The zero-order chi connectivity index (χ0) is 19.3. The van der Waals surface area contributed by atoms with Crippen LogP contribution in [-0.4, -0.2) is 66.6 Å². The average molecular weight is 404 g/mol. The number of methoxy groups -OCH3 is 1. The van der Waals surface area contributed by atoms with Gasteiger partial charge in [-0.15, -0.1) is 22.9 Å². The molecule has 1 aromatic rings. The van der Waals surface area contributed by atoms with E-state index in [9.17, 15) is 19.2 Å². The van der Waals surface area contributed by atoms with E-state index < -0.39 is 35.8 Å². The van der Waals surface area contributed by atoms with Crippen molar-refractivity contribution in [1.29, 1.82) is 0 Å². The van der Waals surface area contributed by atoms with Gasteiger partial charge in [-0.25, -0.2) is 9.78 Å². The summed E-state index contributed by atoms with van der Waals surface area (Å²) in [6.07, 6.45) is 0. The van der Waals surface area contributed by atoms with Gasteiger partial charge in [0.25, 0.3) is 5.91 Å². The number of halogens is 1. The van der Waals surface area contributed by atoms with Crippen molar-refractivity contribution in [2.24, 2.45) is 5.16 Å². The van der Waals surface area contributed by atoms with Crippen LogP contribution in [0.2, 0.25) is 0 Å². The van der Waals surface area contributed by atoms with Gasteiger partial charge in [0.2, 0.25) is 11.8 Å². The molecule has 0 aliphatic carbocycles. The Morgan fingerprint density at radius 3 is 2.73 bits per heavy atom. The summed E-state index contributed by atoms with van der Waals surface area (Å²) in [6, 6.07) is -2.10. The molecule has 0 bridgehead atoms. The quantitative estimate of drug-likeness (QED) is 0.171. The van der Waals surface area contributed by atoms with E-state index in [0.29, 0.717) is 0 Å². The third-order valence-corrected chi connectivity index (χ3v) is 4.17. The molecule has 0 spiro atoms. The molecular formula is C13H14ClN5O6S. The number of thiazole rings is 1. The first-order valence-electron chi connectivity index (χ1n) is 7.03. The fourth-order valence-electron chi connectivity index (χ4n) is 1.95. The Kier molecular flexibility index (Phi) is 6.46. The number of carbonyl (C=O) groups excluding carboxylic acids is 4. The first-order chi connectivity index (χ1) is 12.4. The maximum absolute atomic E-state index is 12.4. The molecule has 2 rings (SSSR count). The van der Waals surface area contributed by atoms with Crippen LogP contribution in [0.4, 0.5) is 5.13 Å². The van der Waals surface area contributed by atoms with Crippen molar-refractivity contribution in [3.05, 3.63) is 11.1 Å². The molecule has 13 heteroatoms. The lowest BCUT2D eigenvalue weighted by Gasteiger charge is -2.34. The maximum atomic E-state index is 12.4. The molecule has 3 amide bonds. The zero-order valence-electron chi connectivity index (χ0n) is 13.6. The number of nitrogens with one attached hydrogen (secondary N) is 3. The van der Waals surface area contributed by atoms with Crippen LogP contribution in [0.1, 0.15) is 5.69 Å². The molecule has 0 radical (unpaired) electrons. The largest absolute Gasteiger partial charge is 0.467 e. The highest BCUT2D eigenvalue weighted by molar-refractivity contribution is 7.14. The molecule has 140 valence electrons. The average Bonchev–Trinajstić information content (AvgIpc) is 3.08. The monoisotopic (exact) mass is 403 g/mol. The summed E-state index contributed by atoms with van der Waals surface area (Å²) >= 11 is 6.44. The number of nitrogens with zero attached hydrogens (tertiary/aromatic N) is 2. The molecule has 3 N–H and O–H groups in total. The SMILES string of the molecule is CON=C(C(=O)N[C@H]1C(=O)N[C@@H]1C(=O)OC)c1csc(NC(=O)CCl)n1. The van der Waals surface area contributed by atoms with Gasteiger partial charge in [0, 0.05) is 5.38 Å². The topological polar surface area (TPSA) is 148 Å². The molecule has 0 saturated carbocycles. The van der Waals surface area contributed by atoms with Gasteiger partial charge in [-0.1, -0.05) is 5.16 Å². The summed E-state index contributed by atoms with van der Waals surface area (Å²) in [4.78, 5) is 55.5. The van der Waals surface area contributed by atoms with Crippen molar-refractivity contribution in [1.82, 2.24) is 15.6 Å². The number of anilines is 1. The lowest BCUT2D eigenvalue weighted by molar-refractivity contribution is -0.153. The second kappa shape index (κ2) is 8.58. The minimum absolute atomic E-state index is 0.105. The minimum Gasteiger partial charge on any atom is -0.467 e. The van der Waals surface area contributed by atoms with Crippen molar-refractivity contribution in [2.75, 3.05) is 25.4 Å². The van der Waals surface area contributed by atoms with Gasteiger partial charge < -0.3 is 25.5 Å². The van der Waals surface area contributed by atoms with Crippen molar-refractivity contribution in [3.8, 4) is 0 Å². The molecule has 1 aliphatic rings. The highest BCUT2D eigenvalue weighted by atomic mass is 35.5. The number of alkyl halides is 1. The molecule has 1 aromatic heterocycles. The smallest absolute Gasteiger partial charge is 0.331 e. The summed E-state index contributed by atoms with van der Waals surface area (Å²) in [7, 11) is 2.39. The molecule has 0 unspecified atom stereocenters. The summed E-state index contributed by atoms with van der Waals surface area (Å²) in [6.45, 7) is 0. The van der Waals surface area contributed by atoms with Crippen molar-refractivity contribution in [2.45, 2.75) is 12.1 Å². The van der Waals surface area contributed by atoms with E-state index in [4.69, 9.17) is 11.6 Å². The third-order valence-electron chi connectivity index (χ3n) is 3.17. The van der Waals surface area contributed by atoms with Crippen LogP contribution >= 0.6 is 22.9 Å². The fraction of sp³-hybridized carbons (Fsp3) is 0.385. The lowest BCUT2D eigenvalue weighted by atomic mass is 9.99. The molecule has 2 atom stereocenters. The van der Waals surface area contributed by atoms with Crippen LogP contribution < -0.4 is 16.0 Å². The van der Waals surface area contributed by atoms with Crippen LogP contribution in [0.15, 0.2) is 10.5 Å². The van der Waals surface area contributed by atoms with Gasteiger partial charge in [0.05, 0.1) is 7.11 Å². The first kappa shape index (κ1) is 19.6. The predicted octanol–water partition coefficient (Wildman–Crippen LogP) is -1.17. The van der Waals surface area contributed by atoms with Gasteiger partial charge >= 0.3 is 5.97 Å². The van der Waals surface area contributed by atoms with Crippen molar-refractivity contribution in [3.63, 3.8) is 0 Å². The molecule has 1 aliphatic heterocycles. The fourth-order valence-corrected chi connectivity index (χ4v) is 2.73. The van der Waals surface area contributed by atoms with E-state index in [0.717, 1.165) is 18.4 Å². The second-order valence-electron chi connectivity index (χ2n) is 4.80. The normalized spacial score (nSPS) is 19.0. The number of esters is 1. The van der Waals surface area contributed by atoms with Gasteiger partial charge in [-0.2, -0.15) is 0 Å². The molecule has 1 fully saturated rings. The van der Waals surface area contributed by atoms with Crippen LogP contribution in [0.25, 0.3) is 0 Å². The van der Waals surface area contributed by atoms with Crippen LogP contribution in [0.5, 0.6) is 0 Å². The number of β-lactam (4-membered cyclic amide) rings is 1. The Bertz CT molecular complexity index is 766. The van der Waals surface area contributed by atoms with E-state index in [-0.39, 0.29) is 22.4 Å². The molecule has 2 heterocycles. The van der Waals surface area contributed by atoms with Gasteiger partial charge in [0.1, 0.15) is 24.7 Å². The van der Waals surface area contributed by atoms with Crippen LogP contribution in [0.3, 0.4) is 0 Å². The van der Waals surface area contributed by atoms with Crippen LogP contribution in [-0.2, 0) is 28.8 Å².